The van der Waals surface area contributed by atoms with E-state index in [9.17, 15) is 0 Å². The minimum absolute atomic E-state index is 0. The molecule has 0 N–H and O–H groups in total. The van der Waals surface area contributed by atoms with Crippen molar-refractivity contribution in [1.82, 2.24) is 19.3 Å². The van der Waals surface area contributed by atoms with Crippen molar-refractivity contribution in [2.75, 3.05) is 0 Å². The number of aromatic nitrogens is 4. The van der Waals surface area contributed by atoms with Gasteiger partial charge in [-0.25, -0.2) is 4.98 Å². The topological polar surface area (TPSA) is 44.9 Å². The molecular weight excluding hydrogens is 808 g/mol. The van der Waals surface area contributed by atoms with E-state index in [1.165, 1.54) is 41.6 Å². The van der Waals surface area contributed by atoms with Crippen LogP contribution in [0.15, 0.2) is 97.2 Å². The molecule has 0 aliphatic rings. The molecule has 0 bridgehead atoms. The predicted octanol–water partition coefficient (Wildman–Crippen LogP) is 11.7. The largest absolute Gasteiger partial charge is 2.00 e. The first kappa shape index (κ1) is 36.3. The van der Waals surface area contributed by atoms with Crippen LogP contribution < -0.4 is 4.74 Å². The van der Waals surface area contributed by atoms with Gasteiger partial charge in [0.1, 0.15) is 5.82 Å². The van der Waals surface area contributed by atoms with Crippen LogP contribution in [-0.2, 0) is 39.3 Å². The smallest absolute Gasteiger partial charge is 0.509 e. The number of hydrogen-bond acceptors (Lipinski definition) is 3. The van der Waals surface area contributed by atoms with E-state index in [1.54, 1.807) is 0 Å². The van der Waals surface area contributed by atoms with E-state index in [0.29, 0.717) is 11.5 Å². The van der Waals surface area contributed by atoms with Crippen LogP contribution in [0.4, 0.5) is 0 Å². The molecule has 7 rings (SSSR count). The predicted molar refractivity (Wildman–Crippen MR) is 206 cm³/mol. The molecule has 5 nitrogen and oxygen atoms in total. The number of hydrogen-bond donors (Lipinski definition) is 0. The van der Waals surface area contributed by atoms with E-state index >= 15 is 0 Å². The van der Waals surface area contributed by atoms with Crippen LogP contribution in [0.1, 0.15) is 82.8 Å². The van der Waals surface area contributed by atoms with Gasteiger partial charge in [0.25, 0.3) is 0 Å². The first-order chi connectivity index (χ1) is 24.2. The molecule has 0 unspecified atom stereocenters. The second kappa shape index (κ2) is 15.4. The van der Waals surface area contributed by atoms with Gasteiger partial charge in [0.15, 0.2) is 0 Å². The van der Waals surface area contributed by atoms with Gasteiger partial charge in [-0.3, -0.25) is 4.68 Å². The SMILES string of the molecule is CCCCCCc1c(-c2ccc(C(C)(C)C)cc2)c(CC)nn1-c1[c-]c(Oc2[c-]c3c(cc2)c2ccccc2n3-c2cc(C)ccn2)ccc1.[Pt+2]. The van der Waals surface area contributed by atoms with Crippen molar-refractivity contribution < 1.29 is 25.8 Å². The van der Waals surface area contributed by atoms with Crippen molar-refractivity contribution in [2.24, 2.45) is 0 Å². The Hall–Kier alpha value is -4.47. The Balaban J connectivity index is 0.00000448. The number of nitrogens with zero attached hydrogens (tertiary/aromatic N) is 4. The van der Waals surface area contributed by atoms with Crippen LogP contribution in [0.2, 0.25) is 0 Å². The molecule has 6 heteroatoms. The van der Waals surface area contributed by atoms with Crippen molar-refractivity contribution >= 4 is 21.8 Å². The van der Waals surface area contributed by atoms with Crippen LogP contribution >= 0.6 is 0 Å². The molecule has 51 heavy (non-hydrogen) atoms. The third-order valence-corrected chi connectivity index (χ3v) is 9.58. The maximum atomic E-state index is 6.52. The molecule has 0 saturated heterocycles. The summed E-state index contributed by atoms with van der Waals surface area (Å²) in [7, 11) is 0. The molecule has 0 atom stereocenters. The molecule has 0 aliphatic carbocycles. The number of rotatable bonds is 11. The second-order valence-electron chi connectivity index (χ2n) is 14.3. The van der Waals surface area contributed by atoms with Gasteiger partial charge in [0.05, 0.1) is 5.69 Å². The van der Waals surface area contributed by atoms with Crippen LogP contribution in [0.5, 0.6) is 11.5 Å². The summed E-state index contributed by atoms with van der Waals surface area (Å²) in [5.41, 5.74) is 10.3. The van der Waals surface area contributed by atoms with E-state index in [2.05, 4.69) is 130 Å². The Bertz CT molecular complexity index is 2270. The average molecular weight is 854 g/mol. The summed E-state index contributed by atoms with van der Waals surface area (Å²) in [5.74, 6) is 2.10. The monoisotopic (exact) mass is 853 g/mol. The molecule has 0 saturated carbocycles. The van der Waals surface area contributed by atoms with Gasteiger partial charge in [-0.05, 0) is 77.6 Å². The molecule has 0 radical (unpaired) electrons. The molecule has 4 aromatic carbocycles. The molecule has 0 spiro atoms. The standard InChI is InChI=1S/C45H46N4O.Pt/c1-7-9-10-11-19-41-44(32-20-22-33(23-21-32)45(4,5)6)39(8-2)47-49(41)34-15-14-16-35(29-34)50-36-24-25-38-37-17-12-13-18-40(37)48(42(38)30-36)43-28-31(3)26-27-46-43;/h12-18,20-28H,7-11,19H2,1-6H3;/q-2;+2. The first-order valence-electron chi connectivity index (χ1n) is 18.1. The number of unbranched alkanes of at least 4 members (excludes halogenated alkanes) is 3. The van der Waals surface area contributed by atoms with Crippen molar-refractivity contribution in [3.8, 4) is 34.1 Å². The normalized spacial score (nSPS) is 11.6. The summed E-state index contributed by atoms with van der Waals surface area (Å²) < 4.78 is 10.8. The number of fused-ring (bicyclic) bond motifs is 3. The zero-order valence-corrected chi connectivity index (χ0v) is 32.8. The zero-order chi connectivity index (χ0) is 34.8. The van der Waals surface area contributed by atoms with Crippen molar-refractivity contribution in [2.45, 2.75) is 85.5 Å². The summed E-state index contributed by atoms with van der Waals surface area (Å²) in [6.07, 6.45) is 8.41. The van der Waals surface area contributed by atoms with Gasteiger partial charge in [-0.1, -0.05) is 102 Å². The third kappa shape index (κ3) is 7.46. The van der Waals surface area contributed by atoms with E-state index < -0.39 is 0 Å². The van der Waals surface area contributed by atoms with Gasteiger partial charge in [-0.15, -0.1) is 35.7 Å². The third-order valence-electron chi connectivity index (χ3n) is 9.58. The Morgan fingerprint density at radius 3 is 2.31 bits per heavy atom. The van der Waals surface area contributed by atoms with Crippen molar-refractivity contribution in [1.29, 1.82) is 0 Å². The molecule has 0 aliphatic heterocycles. The molecular formula is C45H46N4OPt. The summed E-state index contributed by atoms with van der Waals surface area (Å²) in [4.78, 5) is 4.72. The Labute approximate surface area is 317 Å². The number of benzene rings is 4. The summed E-state index contributed by atoms with van der Waals surface area (Å²) >= 11 is 0. The Kier molecular flexibility index (Phi) is 11.0. The Morgan fingerprint density at radius 1 is 0.784 bits per heavy atom. The second-order valence-corrected chi connectivity index (χ2v) is 14.3. The number of aryl methyl sites for hydroxylation is 2. The Morgan fingerprint density at radius 2 is 1.57 bits per heavy atom. The van der Waals surface area contributed by atoms with E-state index in [0.717, 1.165) is 63.8 Å². The fourth-order valence-corrected chi connectivity index (χ4v) is 6.92. The maximum absolute atomic E-state index is 6.52. The van der Waals surface area contributed by atoms with E-state index in [-0.39, 0.29) is 26.5 Å². The summed E-state index contributed by atoms with van der Waals surface area (Å²) in [5, 5.41) is 7.48. The fourth-order valence-electron chi connectivity index (χ4n) is 6.92. The van der Waals surface area contributed by atoms with Gasteiger partial charge in [0.2, 0.25) is 0 Å². The van der Waals surface area contributed by atoms with Crippen molar-refractivity contribution in [3.63, 3.8) is 0 Å². The van der Waals surface area contributed by atoms with E-state index in [4.69, 9.17) is 14.8 Å². The molecule has 3 heterocycles. The molecule has 0 fully saturated rings. The van der Waals surface area contributed by atoms with Crippen LogP contribution in [-0.4, -0.2) is 19.3 Å². The molecule has 262 valence electrons. The summed E-state index contributed by atoms with van der Waals surface area (Å²) in [6, 6.07) is 38.9. The van der Waals surface area contributed by atoms with Crippen LogP contribution in [0, 0.1) is 19.1 Å². The summed E-state index contributed by atoms with van der Waals surface area (Å²) in [6.45, 7) is 13.3. The quantitative estimate of drug-likeness (QED) is 0.0962. The van der Waals surface area contributed by atoms with Gasteiger partial charge >= 0.3 is 21.1 Å². The molecule has 3 aromatic heterocycles. The minimum atomic E-state index is 0. The van der Waals surface area contributed by atoms with Gasteiger partial charge in [0, 0.05) is 34.5 Å². The fraction of sp³-hybridized carbons (Fsp3) is 0.289. The van der Waals surface area contributed by atoms with E-state index in [1.807, 2.05) is 30.5 Å². The van der Waals surface area contributed by atoms with Gasteiger partial charge in [-0.2, -0.15) is 17.2 Å². The van der Waals surface area contributed by atoms with Crippen LogP contribution in [0.3, 0.4) is 0 Å². The maximum Gasteiger partial charge on any atom is 2.00 e. The van der Waals surface area contributed by atoms with Gasteiger partial charge < -0.3 is 9.30 Å². The van der Waals surface area contributed by atoms with Crippen molar-refractivity contribution in [3.05, 3.63) is 132 Å². The molecule has 7 aromatic rings. The zero-order valence-electron chi connectivity index (χ0n) is 30.5. The first-order valence-corrected chi connectivity index (χ1v) is 18.1. The van der Waals surface area contributed by atoms with Crippen LogP contribution in [0.25, 0.3) is 44.4 Å². The molecule has 0 amide bonds. The minimum Gasteiger partial charge on any atom is -0.509 e. The average Bonchev–Trinajstić information content (AvgIpc) is 3.65. The number of pyridine rings is 1. The number of ether oxygens (including phenoxy) is 1. The number of para-hydroxylation sites is 1.